The summed E-state index contributed by atoms with van der Waals surface area (Å²) in [6, 6.07) is 15.6. The molecule has 4 N–H and O–H groups in total. The van der Waals surface area contributed by atoms with Crippen LogP contribution in [0.25, 0.3) is 11.3 Å². The number of ether oxygens (including phenoxy) is 1. The average Bonchev–Trinajstić information content (AvgIpc) is 3.21. The highest BCUT2D eigenvalue weighted by molar-refractivity contribution is 6.30. The Morgan fingerprint density at radius 3 is 2.43 bits per heavy atom. The molecule has 1 saturated heterocycles. The standard InChI is InChI=1S/C25H23ClN6O3/c26-17-7-11-20(12-8-17)35-19-9-5-16(6-10-19)23-22(25(29)34)24(28)32(30-23)18-3-2-14-31(15-18)21(33)4-1-13-27/h1,4-12,18H,2-3,14-15,28H2,(H2,29,34)/b4-1+/t18-/m1/s1. The fourth-order valence-electron chi connectivity index (χ4n) is 4.06. The van der Waals surface area contributed by atoms with Gasteiger partial charge in [-0.05, 0) is 61.4 Å². The van der Waals surface area contributed by atoms with E-state index in [1.807, 2.05) is 6.07 Å². The third-order valence-electron chi connectivity index (χ3n) is 5.73. The first-order valence-electron chi connectivity index (χ1n) is 10.9. The molecule has 3 aromatic rings. The van der Waals surface area contributed by atoms with Gasteiger partial charge in [0.05, 0.1) is 12.1 Å². The van der Waals surface area contributed by atoms with Crippen molar-refractivity contribution >= 4 is 29.2 Å². The average molecular weight is 491 g/mol. The van der Waals surface area contributed by atoms with Crippen LogP contribution in [0.1, 0.15) is 29.2 Å². The van der Waals surface area contributed by atoms with Gasteiger partial charge in [0.15, 0.2) is 0 Å². The molecule has 1 fully saturated rings. The van der Waals surface area contributed by atoms with Gasteiger partial charge >= 0.3 is 0 Å². The molecule has 1 aliphatic rings. The molecule has 0 bridgehead atoms. The summed E-state index contributed by atoms with van der Waals surface area (Å²) in [7, 11) is 0. The van der Waals surface area contributed by atoms with Crippen molar-refractivity contribution in [3.8, 4) is 28.8 Å². The van der Waals surface area contributed by atoms with Crippen LogP contribution in [-0.2, 0) is 4.79 Å². The minimum atomic E-state index is -0.689. The summed E-state index contributed by atoms with van der Waals surface area (Å²) >= 11 is 5.91. The highest BCUT2D eigenvalue weighted by Crippen LogP contribution is 2.33. The molecule has 4 rings (SSSR count). The molecule has 10 heteroatoms. The Morgan fingerprint density at radius 1 is 1.14 bits per heavy atom. The van der Waals surface area contributed by atoms with Crippen LogP contribution in [0.5, 0.6) is 11.5 Å². The van der Waals surface area contributed by atoms with Crippen LogP contribution in [0.4, 0.5) is 5.82 Å². The van der Waals surface area contributed by atoms with Crippen LogP contribution in [0.2, 0.25) is 5.02 Å². The van der Waals surface area contributed by atoms with E-state index in [0.29, 0.717) is 40.9 Å². The number of piperidine rings is 1. The summed E-state index contributed by atoms with van der Waals surface area (Å²) in [5.41, 5.74) is 13.1. The highest BCUT2D eigenvalue weighted by atomic mass is 35.5. The number of carbonyl (C=O) groups is 2. The second-order valence-electron chi connectivity index (χ2n) is 8.04. The van der Waals surface area contributed by atoms with E-state index in [1.54, 1.807) is 58.1 Å². The van der Waals surface area contributed by atoms with Gasteiger partial charge in [0.1, 0.15) is 28.6 Å². The number of anilines is 1. The number of halogens is 1. The lowest BCUT2D eigenvalue weighted by Gasteiger charge is -2.32. The molecular weight excluding hydrogens is 468 g/mol. The largest absolute Gasteiger partial charge is 0.457 e. The second kappa shape index (κ2) is 10.3. The number of rotatable bonds is 6. The van der Waals surface area contributed by atoms with Gasteiger partial charge in [0, 0.05) is 35.8 Å². The van der Waals surface area contributed by atoms with E-state index in [-0.39, 0.29) is 23.3 Å². The summed E-state index contributed by atoms with van der Waals surface area (Å²) in [5.74, 6) is 0.436. The number of nitrogens with two attached hydrogens (primary N) is 2. The van der Waals surface area contributed by atoms with E-state index in [2.05, 4.69) is 5.10 Å². The minimum Gasteiger partial charge on any atom is -0.457 e. The molecule has 2 heterocycles. The number of nitrogen functional groups attached to an aromatic ring is 1. The van der Waals surface area contributed by atoms with Crippen LogP contribution < -0.4 is 16.2 Å². The Balaban J connectivity index is 1.60. The van der Waals surface area contributed by atoms with Gasteiger partial charge in [0.2, 0.25) is 5.91 Å². The highest BCUT2D eigenvalue weighted by Gasteiger charge is 2.29. The van der Waals surface area contributed by atoms with Crippen LogP contribution >= 0.6 is 11.6 Å². The zero-order valence-electron chi connectivity index (χ0n) is 18.7. The van der Waals surface area contributed by atoms with E-state index >= 15 is 0 Å². The molecule has 35 heavy (non-hydrogen) atoms. The number of benzene rings is 2. The molecular formula is C25H23ClN6O3. The number of hydrogen-bond donors (Lipinski definition) is 2. The Kier molecular flexibility index (Phi) is 7.03. The fourth-order valence-corrected chi connectivity index (χ4v) is 4.18. The molecule has 2 amide bonds. The number of primary amides is 1. The molecule has 0 aliphatic carbocycles. The molecule has 0 unspecified atom stereocenters. The first kappa shape index (κ1) is 23.9. The maximum atomic E-state index is 12.3. The lowest BCUT2D eigenvalue weighted by Crippen LogP contribution is -2.40. The number of carbonyl (C=O) groups excluding carboxylic acids is 2. The van der Waals surface area contributed by atoms with Crippen molar-refractivity contribution in [2.24, 2.45) is 5.73 Å². The molecule has 0 saturated carbocycles. The molecule has 178 valence electrons. The first-order valence-corrected chi connectivity index (χ1v) is 11.3. The number of nitriles is 1. The Hall–Kier alpha value is -4.29. The van der Waals surface area contributed by atoms with E-state index in [4.69, 9.17) is 33.1 Å². The third kappa shape index (κ3) is 5.28. The van der Waals surface area contributed by atoms with Gasteiger partial charge in [-0.3, -0.25) is 9.59 Å². The molecule has 9 nitrogen and oxygen atoms in total. The maximum Gasteiger partial charge on any atom is 0.254 e. The number of aromatic nitrogens is 2. The number of amides is 2. The van der Waals surface area contributed by atoms with E-state index < -0.39 is 5.91 Å². The fraction of sp³-hybridized carbons (Fsp3) is 0.200. The Labute approximate surface area is 207 Å². The lowest BCUT2D eigenvalue weighted by atomic mass is 10.1. The van der Waals surface area contributed by atoms with Crippen LogP contribution in [0, 0.1) is 11.3 Å². The van der Waals surface area contributed by atoms with Crippen LogP contribution in [-0.4, -0.2) is 39.6 Å². The SMILES string of the molecule is N#C/C=C/C(=O)N1CCC[C@@H](n2nc(-c3ccc(Oc4ccc(Cl)cc4)cc3)c(C(N)=O)c2N)C1. The molecule has 1 atom stereocenters. The number of likely N-dealkylation sites (tertiary alicyclic amines) is 1. The van der Waals surface area contributed by atoms with Gasteiger partial charge in [-0.15, -0.1) is 0 Å². The zero-order valence-corrected chi connectivity index (χ0v) is 19.5. The van der Waals surface area contributed by atoms with Gasteiger partial charge in [-0.1, -0.05) is 11.6 Å². The van der Waals surface area contributed by atoms with Crippen molar-refractivity contribution in [3.05, 3.63) is 71.3 Å². The molecule has 0 spiro atoms. The van der Waals surface area contributed by atoms with Crippen molar-refractivity contribution in [1.82, 2.24) is 14.7 Å². The number of hydrogen-bond acceptors (Lipinski definition) is 6. The van der Waals surface area contributed by atoms with Crippen LogP contribution in [0.3, 0.4) is 0 Å². The van der Waals surface area contributed by atoms with Crippen molar-refractivity contribution in [1.29, 1.82) is 5.26 Å². The van der Waals surface area contributed by atoms with Gasteiger partial charge in [-0.25, -0.2) is 4.68 Å². The van der Waals surface area contributed by atoms with Gasteiger partial charge < -0.3 is 21.1 Å². The summed E-state index contributed by atoms with van der Waals surface area (Å²) in [5, 5.41) is 13.9. The number of allylic oxidation sites excluding steroid dienone is 1. The third-order valence-corrected chi connectivity index (χ3v) is 5.98. The van der Waals surface area contributed by atoms with E-state index in [9.17, 15) is 9.59 Å². The Bertz CT molecular complexity index is 1310. The van der Waals surface area contributed by atoms with Crippen molar-refractivity contribution in [2.45, 2.75) is 18.9 Å². The summed E-state index contributed by atoms with van der Waals surface area (Å²) in [4.78, 5) is 26.3. The molecule has 2 aromatic carbocycles. The molecule has 1 aliphatic heterocycles. The number of nitrogens with zero attached hydrogens (tertiary/aromatic N) is 4. The minimum absolute atomic E-state index is 0.129. The molecule has 0 radical (unpaired) electrons. The van der Waals surface area contributed by atoms with Gasteiger partial charge in [-0.2, -0.15) is 10.4 Å². The summed E-state index contributed by atoms with van der Waals surface area (Å²) in [6.07, 6.45) is 3.85. The second-order valence-corrected chi connectivity index (χ2v) is 8.48. The topological polar surface area (TPSA) is 140 Å². The maximum absolute atomic E-state index is 12.3. The lowest BCUT2D eigenvalue weighted by molar-refractivity contribution is -0.127. The summed E-state index contributed by atoms with van der Waals surface area (Å²) < 4.78 is 7.39. The van der Waals surface area contributed by atoms with Crippen molar-refractivity contribution in [3.63, 3.8) is 0 Å². The molecule has 1 aromatic heterocycles. The normalized spacial score (nSPS) is 15.7. The van der Waals surface area contributed by atoms with Crippen molar-refractivity contribution in [2.75, 3.05) is 18.8 Å². The monoisotopic (exact) mass is 490 g/mol. The predicted molar refractivity (Wildman–Crippen MR) is 132 cm³/mol. The quantitative estimate of drug-likeness (QED) is 0.396. The van der Waals surface area contributed by atoms with Gasteiger partial charge in [0.25, 0.3) is 5.91 Å². The smallest absolute Gasteiger partial charge is 0.254 e. The van der Waals surface area contributed by atoms with Crippen molar-refractivity contribution < 1.29 is 14.3 Å². The predicted octanol–water partition coefficient (Wildman–Crippen LogP) is 3.92. The van der Waals surface area contributed by atoms with E-state index in [0.717, 1.165) is 18.9 Å². The summed E-state index contributed by atoms with van der Waals surface area (Å²) in [6.45, 7) is 0.920. The van der Waals surface area contributed by atoms with Crippen LogP contribution in [0.15, 0.2) is 60.7 Å². The Morgan fingerprint density at radius 2 is 1.80 bits per heavy atom. The zero-order chi connectivity index (χ0) is 24.9. The first-order chi connectivity index (χ1) is 16.9. The van der Waals surface area contributed by atoms with E-state index in [1.165, 1.54) is 6.08 Å².